The van der Waals surface area contributed by atoms with Crippen LogP contribution in [0, 0.1) is 0 Å². The Labute approximate surface area is 413 Å². The molecule has 0 N–H and O–H groups in total. The first kappa shape index (κ1) is 63.3. The fourth-order valence-corrected chi connectivity index (χ4v) is 7.31. The highest BCUT2D eigenvalue weighted by Crippen LogP contribution is 2.14. The number of allylic oxidation sites excluding steroid dienone is 16. The number of carbonyl (C=O) groups is 3. The summed E-state index contributed by atoms with van der Waals surface area (Å²) in [6, 6.07) is 0. The van der Waals surface area contributed by atoms with Crippen LogP contribution in [0.1, 0.15) is 252 Å². The number of esters is 3. The van der Waals surface area contributed by atoms with Crippen LogP contribution in [0.4, 0.5) is 0 Å². The van der Waals surface area contributed by atoms with Crippen molar-refractivity contribution in [1.82, 2.24) is 0 Å². The molecule has 0 rings (SSSR count). The Hall–Kier alpha value is -3.67. The molecule has 0 aliphatic carbocycles. The molecule has 0 fully saturated rings. The minimum absolute atomic E-state index is 0.112. The molecule has 0 amide bonds. The molecular weight excluding hydrogens is 829 g/mol. The Bertz CT molecular complexity index is 1280. The van der Waals surface area contributed by atoms with Crippen molar-refractivity contribution in [2.75, 3.05) is 13.2 Å². The average molecular weight is 931 g/mol. The first-order valence-electron chi connectivity index (χ1n) is 27.7. The molecule has 0 aromatic rings. The van der Waals surface area contributed by atoms with E-state index in [0.717, 1.165) is 89.9 Å². The van der Waals surface area contributed by atoms with Crippen LogP contribution in [0.15, 0.2) is 97.2 Å². The Morgan fingerprint density at radius 2 is 0.537 bits per heavy atom. The van der Waals surface area contributed by atoms with Gasteiger partial charge >= 0.3 is 17.9 Å². The minimum atomic E-state index is -0.812. The zero-order valence-electron chi connectivity index (χ0n) is 43.6. The second-order valence-electron chi connectivity index (χ2n) is 18.1. The number of ether oxygens (including phenoxy) is 3. The van der Waals surface area contributed by atoms with Gasteiger partial charge in [0.25, 0.3) is 0 Å². The summed E-state index contributed by atoms with van der Waals surface area (Å²) in [5.41, 5.74) is 0. The number of carbonyl (C=O) groups excluding carboxylic acids is 3. The van der Waals surface area contributed by atoms with Crippen LogP contribution in [0.3, 0.4) is 0 Å². The van der Waals surface area contributed by atoms with Crippen molar-refractivity contribution in [2.24, 2.45) is 0 Å². The smallest absolute Gasteiger partial charge is 0.306 e. The SMILES string of the molecule is CCCCC/C=C\C/C=C\C/C=C\CCCCC(=O)OCC(COC(=O)CCCC/C=C\C/C=C\C/C=C\CCCCC)OC(=O)CCCCCCCCCCC/C=C\C/C=C\CCCCC. The Morgan fingerprint density at radius 1 is 0.299 bits per heavy atom. The van der Waals surface area contributed by atoms with Gasteiger partial charge in [0.2, 0.25) is 0 Å². The van der Waals surface area contributed by atoms with Crippen LogP contribution in [-0.2, 0) is 28.6 Å². The highest BCUT2D eigenvalue weighted by Gasteiger charge is 2.19. The molecule has 67 heavy (non-hydrogen) atoms. The summed E-state index contributed by atoms with van der Waals surface area (Å²) in [6.07, 6.45) is 72.5. The van der Waals surface area contributed by atoms with Gasteiger partial charge in [-0.25, -0.2) is 0 Å². The topological polar surface area (TPSA) is 78.9 Å². The molecule has 0 heterocycles. The van der Waals surface area contributed by atoms with Crippen molar-refractivity contribution < 1.29 is 28.6 Å². The number of rotatable bonds is 49. The van der Waals surface area contributed by atoms with Crippen molar-refractivity contribution in [3.63, 3.8) is 0 Å². The van der Waals surface area contributed by atoms with E-state index in [9.17, 15) is 14.4 Å². The van der Waals surface area contributed by atoms with E-state index in [1.807, 2.05) is 0 Å². The fraction of sp³-hybridized carbons (Fsp3) is 0.689. The summed E-state index contributed by atoms with van der Waals surface area (Å²) >= 11 is 0. The Kier molecular flexibility index (Phi) is 51.9. The zero-order chi connectivity index (χ0) is 48.6. The first-order valence-corrected chi connectivity index (χ1v) is 27.7. The summed E-state index contributed by atoms with van der Waals surface area (Å²) in [7, 11) is 0. The van der Waals surface area contributed by atoms with Gasteiger partial charge in [-0.1, -0.05) is 201 Å². The molecular formula is C61H102O6. The molecule has 0 aromatic heterocycles. The largest absolute Gasteiger partial charge is 0.462 e. The van der Waals surface area contributed by atoms with Crippen molar-refractivity contribution in [1.29, 1.82) is 0 Å². The van der Waals surface area contributed by atoms with Gasteiger partial charge in [0.15, 0.2) is 6.10 Å². The minimum Gasteiger partial charge on any atom is -0.462 e. The van der Waals surface area contributed by atoms with Crippen LogP contribution in [-0.4, -0.2) is 37.2 Å². The third-order valence-electron chi connectivity index (χ3n) is 11.5. The van der Waals surface area contributed by atoms with Crippen LogP contribution in [0.2, 0.25) is 0 Å². The summed E-state index contributed by atoms with van der Waals surface area (Å²) in [5, 5.41) is 0. The highest BCUT2D eigenvalue weighted by atomic mass is 16.6. The fourth-order valence-electron chi connectivity index (χ4n) is 7.31. The molecule has 0 aromatic carbocycles. The molecule has 0 spiro atoms. The standard InChI is InChI=1S/C61H102O6/c1-4-7-10-13-16-19-22-25-28-29-30-31-34-37-40-43-46-49-52-55-61(64)67-58(56-65-59(62)53-50-47-44-41-38-35-32-26-23-20-17-14-11-8-5-2)57-66-60(63)54-51-48-45-42-39-36-33-27-24-21-18-15-12-9-6-3/h16-21,25-28,32-33,38-39,41-42,58H,4-15,22-24,29-31,34-37,40,43-57H2,1-3H3/b19-16-,20-17-,21-18-,28-25-,32-26-,33-27-,41-38-,42-39-. The molecule has 0 radical (unpaired) electrons. The van der Waals surface area contributed by atoms with E-state index in [4.69, 9.17) is 14.2 Å². The van der Waals surface area contributed by atoms with Crippen molar-refractivity contribution in [3.05, 3.63) is 97.2 Å². The predicted molar refractivity (Wildman–Crippen MR) is 288 cm³/mol. The van der Waals surface area contributed by atoms with E-state index < -0.39 is 6.10 Å². The van der Waals surface area contributed by atoms with Gasteiger partial charge in [-0.05, 0) is 128 Å². The van der Waals surface area contributed by atoms with Gasteiger partial charge in [-0.2, -0.15) is 0 Å². The summed E-state index contributed by atoms with van der Waals surface area (Å²) in [5.74, 6) is -0.989. The second-order valence-corrected chi connectivity index (χ2v) is 18.1. The normalized spacial score (nSPS) is 12.4. The summed E-state index contributed by atoms with van der Waals surface area (Å²) < 4.78 is 16.8. The van der Waals surface area contributed by atoms with E-state index in [2.05, 4.69) is 118 Å². The van der Waals surface area contributed by atoms with Gasteiger partial charge in [0.05, 0.1) is 0 Å². The molecule has 6 heteroatoms. The van der Waals surface area contributed by atoms with Gasteiger partial charge in [0, 0.05) is 19.3 Å². The lowest BCUT2D eigenvalue weighted by atomic mass is 10.1. The quantitative estimate of drug-likeness (QED) is 0.0262. The summed E-state index contributed by atoms with van der Waals surface area (Å²) in [4.78, 5) is 38.1. The van der Waals surface area contributed by atoms with Crippen LogP contribution in [0.5, 0.6) is 0 Å². The van der Waals surface area contributed by atoms with E-state index in [0.29, 0.717) is 19.3 Å². The zero-order valence-corrected chi connectivity index (χ0v) is 43.6. The molecule has 0 aliphatic heterocycles. The average Bonchev–Trinajstić information content (AvgIpc) is 3.33. The first-order chi connectivity index (χ1) is 33.0. The van der Waals surface area contributed by atoms with Gasteiger partial charge in [-0.15, -0.1) is 0 Å². The molecule has 6 nitrogen and oxygen atoms in total. The maximum Gasteiger partial charge on any atom is 0.306 e. The third-order valence-corrected chi connectivity index (χ3v) is 11.5. The second kappa shape index (κ2) is 54.9. The van der Waals surface area contributed by atoms with Crippen molar-refractivity contribution in [3.8, 4) is 0 Å². The lowest BCUT2D eigenvalue weighted by molar-refractivity contribution is -0.167. The molecule has 382 valence electrons. The van der Waals surface area contributed by atoms with Gasteiger partial charge < -0.3 is 14.2 Å². The predicted octanol–water partition coefficient (Wildman–Crippen LogP) is 18.5. The van der Waals surface area contributed by atoms with E-state index in [1.54, 1.807) is 0 Å². The van der Waals surface area contributed by atoms with E-state index in [1.165, 1.54) is 122 Å². The van der Waals surface area contributed by atoms with Gasteiger partial charge in [-0.3, -0.25) is 14.4 Å². The van der Waals surface area contributed by atoms with E-state index in [-0.39, 0.29) is 31.1 Å². The molecule has 0 atom stereocenters. The monoisotopic (exact) mass is 931 g/mol. The number of hydrogen-bond donors (Lipinski definition) is 0. The van der Waals surface area contributed by atoms with Crippen LogP contribution < -0.4 is 0 Å². The highest BCUT2D eigenvalue weighted by molar-refractivity contribution is 5.71. The molecule has 0 bridgehead atoms. The van der Waals surface area contributed by atoms with Crippen LogP contribution in [0.25, 0.3) is 0 Å². The van der Waals surface area contributed by atoms with E-state index >= 15 is 0 Å². The van der Waals surface area contributed by atoms with Crippen molar-refractivity contribution in [2.45, 2.75) is 258 Å². The number of hydrogen-bond acceptors (Lipinski definition) is 6. The molecule has 0 saturated carbocycles. The lowest BCUT2D eigenvalue weighted by Gasteiger charge is -2.18. The number of unbranched alkanes of at least 4 members (excludes halogenated alkanes) is 22. The summed E-state index contributed by atoms with van der Waals surface area (Å²) in [6.45, 7) is 6.49. The molecule has 0 saturated heterocycles. The molecule has 0 unspecified atom stereocenters. The van der Waals surface area contributed by atoms with Crippen molar-refractivity contribution >= 4 is 17.9 Å². The van der Waals surface area contributed by atoms with Gasteiger partial charge in [0.1, 0.15) is 13.2 Å². The third kappa shape index (κ3) is 53.2. The molecule has 0 aliphatic rings. The maximum atomic E-state index is 12.8. The lowest BCUT2D eigenvalue weighted by Crippen LogP contribution is -2.30. The van der Waals surface area contributed by atoms with Crippen LogP contribution >= 0.6 is 0 Å². The Morgan fingerprint density at radius 3 is 0.866 bits per heavy atom. The Balaban J connectivity index is 4.50. The maximum absolute atomic E-state index is 12.8.